The quantitative estimate of drug-likeness (QED) is 0.864. The van der Waals surface area contributed by atoms with Gasteiger partial charge in [-0.1, -0.05) is 41.1 Å². The van der Waals surface area contributed by atoms with Crippen molar-refractivity contribution in [3.63, 3.8) is 0 Å². The molecule has 20 heavy (non-hydrogen) atoms. The van der Waals surface area contributed by atoms with Crippen molar-refractivity contribution in [2.45, 2.75) is 31.8 Å². The zero-order chi connectivity index (χ0) is 14.5. The maximum Gasteiger partial charge on any atom is 0.0479 e. The van der Waals surface area contributed by atoms with Gasteiger partial charge in [0.15, 0.2) is 0 Å². The smallest absolute Gasteiger partial charge is 0.0479 e. The summed E-state index contributed by atoms with van der Waals surface area (Å²) in [5.41, 5.74) is 7.33. The Labute approximate surface area is 131 Å². The predicted molar refractivity (Wildman–Crippen MR) is 88.8 cm³/mol. The van der Waals surface area contributed by atoms with Crippen LogP contribution in [0, 0.1) is 0 Å². The largest absolute Gasteiger partial charge is 0.329 e. The number of hydrogen-bond acceptors (Lipinski definition) is 3. The molecule has 0 aliphatic carbocycles. The number of likely N-dealkylation sites (N-methyl/N-ethyl adjacent to an activating group) is 2. The Kier molecular flexibility index (Phi) is 6.02. The van der Waals surface area contributed by atoms with Crippen molar-refractivity contribution >= 4 is 15.9 Å². The van der Waals surface area contributed by atoms with E-state index in [1.54, 1.807) is 0 Å². The van der Waals surface area contributed by atoms with Crippen molar-refractivity contribution in [2.75, 3.05) is 33.2 Å². The lowest BCUT2D eigenvalue weighted by molar-refractivity contribution is 0.165. The van der Waals surface area contributed by atoms with E-state index in [0.717, 1.165) is 17.6 Å². The number of nitrogens with two attached hydrogens (primary N) is 1. The number of benzene rings is 1. The molecule has 2 N–H and O–H groups in total. The van der Waals surface area contributed by atoms with Gasteiger partial charge in [-0.2, -0.15) is 0 Å². The van der Waals surface area contributed by atoms with Crippen LogP contribution in [0.5, 0.6) is 0 Å². The van der Waals surface area contributed by atoms with Gasteiger partial charge < -0.3 is 5.73 Å². The summed E-state index contributed by atoms with van der Waals surface area (Å²) < 4.78 is 1.15. The van der Waals surface area contributed by atoms with E-state index in [-0.39, 0.29) is 6.04 Å². The number of halogens is 1. The molecule has 0 aromatic heterocycles. The number of hydrogen-bond donors (Lipinski definition) is 1. The monoisotopic (exact) mass is 339 g/mol. The van der Waals surface area contributed by atoms with E-state index >= 15 is 0 Å². The average Bonchev–Trinajstić information content (AvgIpc) is 2.89. The van der Waals surface area contributed by atoms with Gasteiger partial charge in [-0.15, -0.1) is 0 Å². The Morgan fingerprint density at radius 1 is 1.45 bits per heavy atom. The van der Waals surface area contributed by atoms with Crippen LogP contribution in [0.15, 0.2) is 28.7 Å². The fraction of sp³-hybridized carbons (Fsp3) is 0.625. The highest BCUT2D eigenvalue weighted by Crippen LogP contribution is 2.28. The van der Waals surface area contributed by atoms with Crippen LogP contribution in [0.25, 0.3) is 0 Å². The summed E-state index contributed by atoms with van der Waals surface area (Å²) in [6, 6.07) is 9.37. The van der Waals surface area contributed by atoms with Crippen LogP contribution in [0.4, 0.5) is 0 Å². The van der Waals surface area contributed by atoms with E-state index in [9.17, 15) is 0 Å². The molecule has 0 bridgehead atoms. The van der Waals surface area contributed by atoms with Gasteiger partial charge in [-0.25, -0.2) is 0 Å². The lowest BCUT2D eigenvalue weighted by Crippen LogP contribution is -2.41. The standard InChI is InChI=1S/C16H26BrN3/c1-3-20-10-6-7-13(20)12-19(2)16(11-18)14-8-4-5-9-15(14)17/h4-5,8-9,13,16H,3,6-7,10-12,18H2,1-2H3. The van der Waals surface area contributed by atoms with Crippen LogP contribution in [0.1, 0.15) is 31.4 Å². The number of nitrogens with zero attached hydrogens (tertiary/aromatic N) is 2. The molecule has 4 heteroatoms. The Balaban J connectivity index is 2.06. The molecule has 3 nitrogen and oxygen atoms in total. The highest BCUT2D eigenvalue weighted by molar-refractivity contribution is 9.10. The van der Waals surface area contributed by atoms with Crippen LogP contribution in [-0.4, -0.2) is 49.1 Å². The molecule has 0 spiro atoms. The van der Waals surface area contributed by atoms with Gasteiger partial charge in [-0.05, 0) is 44.6 Å². The third kappa shape index (κ3) is 3.61. The number of rotatable bonds is 6. The van der Waals surface area contributed by atoms with Crippen LogP contribution < -0.4 is 5.73 Å². The zero-order valence-electron chi connectivity index (χ0n) is 12.6. The van der Waals surface area contributed by atoms with Gasteiger partial charge in [0.1, 0.15) is 0 Å². The van der Waals surface area contributed by atoms with Crippen molar-refractivity contribution in [1.29, 1.82) is 0 Å². The maximum absolute atomic E-state index is 6.04. The summed E-state index contributed by atoms with van der Waals surface area (Å²) in [6.07, 6.45) is 2.64. The van der Waals surface area contributed by atoms with E-state index < -0.39 is 0 Å². The van der Waals surface area contributed by atoms with E-state index in [1.807, 2.05) is 0 Å². The Morgan fingerprint density at radius 2 is 2.20 bits per heavy atom. The minimum atomic E-state index is 0.282. The molecule has 112 valence electrons. The van der Waals surface area contributed by atoms with Crippen LogP contribution >= 0.6 is 15.9 Å². The predicted octanol–water partition coefficient (Wildman–Crippen LogP) is 2.87. The Morgan fingerprint density at radius 3 is 2.85 bits per heavy atom. The van der Waals surface area contributed by atoms with E-state index in [0.29, 0.717) is 12.6 Å². The summed E-state index contributed by atoms with van der Waals surface area (Å²) in [5, 5.41) is 0. The molecular formula is C16H26BrN3. The second-order valence-corrected chi connectivity index (χ2v) is 6.49. The summed E-state index contributed by atoms with van der Waals surface area (Å²) >= 11 is 3.65. The first-order valence-electron chi connectivity index (χ1n) is 7.56. The van der Waals surface area contributed by atoms with Crippen molar-refractivity contribution < 1.29 is 0 Å². The average molecular weight is 340 g/mol. The molecule has 0 saturated carbocycles. The molecule has 2 rings (SSSR count). The van der Waals surface area contributed by atoms with Gasteiger partial charge in [-0.3, -0.25) is 9.80 Å². The van der Waals surface area contributed by atoms with Gasteiger partial charge in [0.05, 0.1) is 0 Å². The molecule has 1 aromatic rings. The normalized spacial score (nSPS) is 21.6. The molecule has 2 unspecified atom stereocenters. The van der Waals surface area contributed by atoms with Gasteiger partial charge in [0, 0.05) is 29.6 Å². The second-order valence-electron chi connectivity index (χ2n) is 5.64. The van der Waals surface area contributed by atoms with Crippen molar-refractivity contribution in [3.8, 4) is 0 Å². The lowest BCUT2D eigenvalue weighted by Gasteiger charge is -2.33. The molecule has 0 amide bonds. The van der Waals surface area contributed by atoms with Gasteiger partial charge in [0.25, 0.3) is 0 Å². The molecule has 2 atom stereocenters. The molecule has 1 saturated heterocycles. The third-order valence-electron chi connectivity index (χ3n) is 4.42. The highest BCUT2D eigenvalue weighted by Gasteiger charge is 2.27. The summed E-state index contributed by atoms with van der Waals surface area (Å²) in [6.45, 7) is 6.40. The van der Waals surface area contributed by atoms with Crippen molar-refractivity contribution in [1.82, 2.24) is 9.80 Å². The van der Waals surface area contributed by atoms with E-state index in [1.165, 1.54) is 24.9 Å². The molecule has 1 heterocycles. The minimum Gasteiger partial charge on any atom is -0.329 e. The first kappa shape index (κ1) is 16.0. The molecule has 1 aliphatic rings. The Bertz CT molecular complexity index is 424. The Hall–Kier alpha value is -0.420. The van der Waals surface area contributed by atoms with Crippen molar-refractivity contribution in [2.24, 2.45) is 5.73 Å². The summed E-state index contributed by atoms with van der Waals surface area (Å²) in [4.78, 5) is 5.00. The maximum atomic E-state index is 6.04. The first-order valence-corrected chi connectivity index (χ1v) is 8.35. The van der Waals surface area contributed by atoms with Crippen LogP contribution in [0.3, 0.4) is 0 Å². The van der Waals surface area contributed by atoms with Crippen LogP contribution in [0.2, 0.25) is 0 Å². The zero-order valence-corrected chi connectivity index (χ0v) is 14.1. The van der Waals surface area contributed by atoms with Crippen molar-refractivity contribution in [3.05, 3.63) is 34.3 Å². The molecule has 1 fully saturated rings. The first-order chi connectivity index (χ1) is 9.67. The minimum absolute atomic E-state index is 0.282. The van der Waals surface area contributed by atoms with Gasteiger partial charge in [0.2, 0.25) is 0 Å². The van der Waals surface area contributed by atoms with E-state index in [2.05, 4.69) is 64.0 Å². The van der Waals surface area contributed by atoms with Crippen LogP contribution in [-0.2, 0) is 0 Å². The summed E-state index contributed by atoms with van der Waals surface area (Å²) in [5.74, 6) is 0. The van der Waals surface area contributed by atoms with E-state index in [4.69, 9.17) is 5.73 Å². The topological polar surface area (TPSA) is 32.5 Å². The fourth-order valence-corrected chi connectivity index (χ4v) is 3.82. The third-order valence-corrected chi connectivity index (χ3v) is 5.15. The SMILES string of the molecule is CCN1CCCC1CN(C)C(CN)c1ccccc1Br. The number of likely N-dealkylation sites (tertiary alicyclic amines) is 1. The molecular weight excluding hydrogens is 314 g/mol. The fourth-order valence-electron chi connectivity index (χ4n) is 3.27. The summed E-state index contributed by atoms with van der Waals surface area (Å²) in [7, 11) is 2.20. The second kappa shape index (κ2) is 7.55. The highest BCUT2D eigenvalue weighted by atomic mass is 79.9. The molecule has 1 aliphatic heterocycles. The lowest BCUT2D eigenvalue weighted by atomic mass is 10.0. The molecule has 0 radical (unpaired) electrons. The van der Waals surface area contributed by atoms with Gasteiger partial charge >= 0.3 is 0 Å². The molecule has 1 aromatic carbocycles.